The molecule has 0 saturated carbocycles. The Kier molecular flexibility index (Phi) is 3.56. The van der Waals surface area contributed by atoms with Gasteiger partial charge in [0.25, 0.3) is 0 Å². The molecule has 35 heavy (non-hydrogen) atoms. The van der Waals surface area contributed by atoms with Gasteiger partial charge in [-0.2, -0.15) is 0 Å². The maximum atomic E-state index is 2.46. The van der Waals surface area contributed by atoms with Crippen LogP contribution in [0.2, 0.25) is 0 Å². The maximum Gasteiger partial charge on any atom is 0.0165 e. The van der Waals surface area contributed by atoms with Crippen molar-refractivity contribution in [2.24, 2.45) is 0 Å². The van der Waals surface area contributed by atoms with Gasteiger partial charge in [0.2, 0.25) is 0 Å². The molecule has 0 saturated heterocycles. The molecule has 7 aromatic carbocycles. The fourth-order valence-corrected chi connectivity index (χ4v) is 6.64. The number of rotatable bonds is 0. The molecule has 0 heterocycles. The van der Waals surface area contributed by atoms with E-state index in [1.807, 2.05) is 0 Å². The van der Waals surface area contributed by atoms with E-state index in [0.717, 1.165) is 0 Å². The molecular weight excluding hydrogens is 420 g/mol. The van der Waals surface area contributed by atoms with Crippen LogP contribution in [-0.2, 0) is 5.41 Å². The van der Waals surface area contributed by atoms with Crippen LogP contribution < -0.4 is 0 Å². The van der Waals surface area contributed by atoms with E-state index in [1.165, 1.54) is 76.1 Å². The van der Waals surface area contributed by atoms with Crippen molar-refractivity contribution >= 4 is 53.9 Å². The molecule has 0 spiro atoms. The molecular formula is C35H24. The number of benzene rings is 7. The highest BCUT2D eigenvalue weighted by Crippen LogP contribution is 2.53. The summed E-state index contributed by atoms with van der Waals surface area (Å²) < 4.78 is 0. The van der Waals surface area contributed by atoms with Gasteiger partial charge in [-0.3, -0.25) is 0 Å². The first-order chi connectivity index (χ1) is 17.1. The van der Waals surface area contributed by atoms with Crippen molar-refractivity contribution in [2.75, 3.05) is 0 Å². The second-order valence-electron chi connectivity index (χ2n) is 10.6. The Morgan fingerprint density at radius 1 is 0.429 bits per heavy atom. The Bertz CT molecular complexity index is 2020. The van der Waals surface area contributed by atoms with Gasteiger partial charge in [-0.05, 0) is 100 Å². The SMILES string of the molecule is CC1(C)c2cc3ccc4cc5ccccc5cc4c3cc2-c2ccc3ccc4ccccc4c3c21. The van der Waals surface area contributed by atoms with Crippen LogP contribution in [0, 0.1) is 0 Å². The minimum atomic E-state index is -0.0686. The average Bonchev–Trinajstić information content (AvgIpc) is 3.12. The molecule has 0 heteroatoms. The average molecular weight is 445 g/mol. The second-order valence-corrected chi connectivity index (χ2v) is 10.6. The number of hydrogen-bond acceptors (Lipinski definition) is 0. The molecule has 0 fully saturated rings. The van der Waals surface area contributed by atoms with Gasteiger partial charge in [0, 0.05) is 5.41 Å². The minimum Gasteiger partial charge on any atom is -0.0616 e. The van der Waals surface area contributed by atoms with Gasteiger partial charge in [-0.15, -0.1) is 0 Å². The molecule has 0 amide bonds. The fourth-order valence-electron chi connectivity index (χ4n) is 6.64. The molecule has 0 radical (unpaired) electrons. The van der Waals surface area contributed by atoms with Crippen molar-refractivity contribution < 1.29 is 0 Å². The summed E-state index contributed by atoms with van der Waals surface area (Å²) in [5.41, 5.74) is 5.59. The minimum absolute atomic E-state index is 0.0686. The third kappa shape index (κ3) is 2.47. The molecule has 0 bridgehead atoms. The molecule has 0 N–H and O–H groups in total. The molecule has 1 aliphatic rings. The van der Waals surface area contributed by atoms with E-state index in [0.29, 0.717) is 0 Å². The zero-order valence-corrected chi connectivity index (χ0v) is 19.9. The quantitative estimate of drug-likeness (QED) is 0.161. The van der Waals surface area contributed by atoms with Crippen molar-refractivity contribution in [3.8, 4) is 11.1 Å². The van der Waals surface area contributed by atoms with Crippen molar-refractivity contribution in [2.45, 2.75) is 19.3 Å². The summed E-state index contributed by atoms with van der Waals surface area (Å²) in [6.07, 6.45) is 0. The zero-order valence-electron chi connectivity index (χ0n) is 19.9. The van der Waals surface area contributed by atoms with E-state index in [1.54, 1.807) is 0 Å². The lowest BCUT2D eigenvalue weighted by molar-refractivity contribution is 0.667. The standard InChI is InChI=1S/C35H24/c1-35(2)32-19-26-14-13-25-17-23-8-3-4-9-24(23)18-29(25)30(26)20-31(32)28-16-15-22-12-11-21-7-5-6-10-27(21)33(22)34(28)35/h3-20H,1-2H3. The van der Waals surface area contributed by atoms with Crippen molar-refractivity contribution in [3.63, 3.8) is 0 Å². The van der Waals surface area contributed by atoms with Gasteiger partial charge in [0.1, 0.15) is 0 Å². The van der Waals surface area contributed by atoms with Gasteiger partial charge in [-0.25, -0.2) is 0 Å². The maximum absolute atomic E-state index is 2.46. The smallest absolute Gasteiger partial charge is 0.0165 e. The van der Waals surface area contributed by atoms with Gasteiger partial charge < -0.3 is 0 Å². The Labute approximate surface area is 204 Å². The molecule has 7 aromatic rings. The molecule has 0 aromatic heterocycles. The second kappa shape index (κ2) is 6.49. The lowest BCUT2D eigenvalue weighted by Gasteiger charge is -2.24. The fraction of sp³-hybridized carbons (Fsp3) is 0.0857. The first-order valence-electron chi connectivity index (χ1n) is 12.4. The summed E-state index contributed by atoms with van der Waals surface area (Å²) in [4.78, 5) is 0. The van der Waals surface area contributed by atoms with E-state index in [9.17, 15) is 0 Å². The predicted molar refractivity (Wildman–Crippen MR) is 152 cm³/mol. The van der Waals surface area contributed by atoms with Crippen LogP contribution in [-0.4, -0.2) is 0 Å². The van der Waals surface area contributed by atoms with E-state index in [2.05, 4.69) is 123 Å². The van der Waals surface area contributed by atoms with Crippen LogP contribution in [0.15, 0.2) is 109 Å². The van der Waals surface area contributed by atoms with Gasteiger partial charge in [0.15, 0.2) is 0 Å². The Balaban J connectivity index is 1.51. The Morgan fingerprint density at radius 2 is 1.03 bits per heavy atom. The summed E-state index contributed by atoms with van der Waals surface area (Å²) in [5, 5.41) is 13.3. The summed E-state index contributed by atoms with van der Waals surface area (Å²) in [5.74, 6) is 0. The van der Waals surface area contributed by atoms with E-state index >= 15 is 0 Å². The van der Waals surface area contributed by atoms with Crippen molar-refractivity contribution in [1.29, 1.82) is 0 Å². The molecule has 0 aliphatic heterocycles. The van der Waals surface area contributed by atoms with E-state index < -0.39 is 0 Å². The third-order valence-corrected chi connectivity index (χ3v) is 8.34. The van der Waals surface area contributed by atoms with Crippen LogP contribution in [0.5, 0.6) is 0 Å². The molecule has 1 aliphatic carbocycles. The largest absolute Gasteiger partial charge is 0.0616 e. The molecule has 0 unspecified atom stereocenters. The van der Waals surface area contributed by atoms with Crippen LogP contribution in [0.4, 0.5) is 0 Å². The van der Waals surface area contributed by atoms with Gasteiger partial charge in [0.05, 0.1) is 0 Å². The predicted octanol–water partition coefficient (Wildman–Crippen LogP) is 9.76. The number of fused-ring (bicyclic) bond motifs is 11. The van der Waals surface area contributed by atoms with Crippen LogP contribution >= 0.6 is 0 Å². The zero-order chi connectivity index (χ0) is 23.3. The summed E-state index contributed by atoms with van der Waals surface area (Å²) in [6.45, 7) is 4.80. The van der Waals surface area contributed by atoms with Crippen LogP contribution in [0.25, 0.3) is 65.0 Å². The summed E-state index contributed by atoms with van der Waals surface area (Å²) in [6, 6.07) is 40.9. The topological polar surface area (TPSA) is 0 Å². The monoisotopic (exact) mass is 444 g/mol. The van der Waals surface area contributed by atoms with Crippen molar-refractivity contribution in [3.05, 3.63) is 120 Å². The summed E-state index contributed by atoms with van der Waals surface area (Å²) in [7, 11) is 0. The van der Waals surface area contributed by atoms with Crippen molar-refractivity contribution in [1.82, 2.24) is 0 Å². The lowest BCUT2D eigenvalue weighted by Crippen LogP contribution is -2.15. The highest BCUT2D eigenvalue weighted by Gasteiger charge is 2.37. The highest BCUT2D eigenvalue weighted by atomic mass is 14.4. The lowest BCUT2D eigenvalue weighted by atomic mass is 9.79. The molecule has 0 atom stereocenters. The van der Waals surface area contributed by atoms with Gasteiger partial charge >= 0.3 is 0 Å². The normalized spacial score (nSPS) is 14.2. The first-order valence-corrected chi connectivity index (χ1v) is 12.4. The third-order valence-electron chi connectivity index (χ3n) is 8.34. The van der Waals surface area contributed by atoms with Gasteiger partial charge in [-0.1, -0.05) is 98.8 Å². The highest BCUT2D eigenvalue weighted by molar-refractivity contribution is 6.16. The van der Waals surface area contributed by atoms with E-state index in [-0.39, 0.29) is 5.41 Å². The Hall–Kier alpha value is -4.16. The van der Waals surface area contributed by atoms with Crippen LogP contribution in [0.3, 0.4) is 0 Å². The number of hydrogen-bond donors (Lipinski definition) is 0. The first kappa shape index (κ1) is 19.2. The summed E-state index contributed by atoms with van der Waals surface area (Å²) >= 11 is 0. The molecule has 0 nitrogen and oxygen atoms in total. The molecule has 8 rings (SSSR count). The van der Waals surface area contributed by atoms with E-state index in [4.69, 9.17) is 0 Å². The van der Waals surface area contributed by atoms with Crippen LogP contribution in [0.1, 0.15) is 25.0 Å². The Morgan fingerprint density at radius 3 is 1.86 bits per heavy atom. The molecule has 164 valence electrons.